The molecule has 0 saturated heterocycles. The molecule has 82 valence electrons. The number of methoxy groups -OCH3 is 2. The van der Waals surface area contributed by atoms with Gasteiger partial charge in [-0.1, -0.05) is 0 Å². The van der Waals surface area contributed by atoms with Gasteiger partial charge in [-0.3, -0.25) is 0 Å². The van der Waals surface area contributed by atoms with E-state index >= 15 is 0 Å². The van der Waals surface area contributed by atoms with Crippen molar-refractivity contribution in [1.82, 2.24) is 0 Å². The van der Waals surface area contributed by atoms with Gasteiger partial charge in [-0.05, 0) is 31.0 Å². The standard InChI is InChI=1S/C11H15NO3/c1-6-5-8(11(13)15-4)7(2)9(12)10(6)14-3/h5H,12H2,1-4H3. The molecule has 0 bridgehead atoms. The van der Waals surface area contributed by atoms with Crippen LogP contribution in [0, 0.1) is 13.8 Å². The molecule has 4 nitrogen and oxygen atoms in total. The van der Waals surface area contributed by atoms with Crippen LogP contribution in [0.2, 0.25) is 0 Å². The molecule has 0 radical (unpaired) electrons. The van der Waals surface area contributed by atoms with Crippen molar-refractivity contribution in [3.8, 4) is 5.75 Å². The summed E-state index contributed by atoms with van der Waals surface area (Å²) in [5.74, 6) is 0.227. The molecule has 1 aromatic rings. The van der Waals surface area contributed by atoms with E-state index in [0.717, 1.165) is 5.56 Å². The number of benzene rings is 1. The number of carbonyl (C=O) groups excluding carboxylic acids is 1. The number of hydrogen-bond acceptors (Lipinski definition) is 4. The van der Waals surface area contributed by atoms with E-state index in [1.807, 2.05) is 6.92 Å². The first-order chi connectivity index (χ1) is 7.02. The number of aryl methyl sites for hydroxylation is 1. The van der Waals surface area contributed by atoms with Crippen molar-refractivity contribution in [1.29, 1.82) is 0 Å². The van der Waals surface area contributed by atoms with E-state index in [1.54, 1.807) is 20.1 Å². The zero-order valence-electron chi connectivity index (χ0n) is 9.38. The Kier molecular flexibility index (Phi) is 3.19. The van der Waals surface area contributed by atoms with Crippen molar-refractivity contribution >= 4 is 11.7 Å². The van der Waals surface area contributed by atoms with Gasteiger partial charge in [0, 0.05) is 0 Å². The Morgan fingerprint density at radius 1 is 1.33 bits per heavy atom. The van der Waals surface area contributed by atoms with Crippen LogP contribution in [0.1, 0.15) is 21.5 Å². The van der Waals surface area contributed by atoms with Crippen molar-refractivity contribution < 1.29 is 14.3 Å². The lowest BCUT2D eigenvalue weighted by molar-refractivity contribution is 0.0600. The molecule has 0 atom stereocenters. The van der Waals surface area contributed by atoms with Crippen molar-refractivity contribution in [3.63, 3.8) is 0 Å². The number of carbonyl (C=O) groups is 1. The number of nitrogens with two attached hydrogens (primary N) is 1. The summed E-state index contributed by atoms with van der Waals surface area (Å²) in [6.07, 6.45) is 0. The third-order valence-electron chi connectivity index (χ3n) is 2.38. The zero-order chi connectivity index (χ0) is 11.6. The largest absolute Gasteiger partial charge is 0.494 e. The minimum Gasteiger partial charge on any atom is -0.494 e. The zero-order valence-corrected chi connectivity index (χ0v) is 9.38. The van der Waals surface area contributed by atoms with Crippen LogP contribution in [0.15, 0.2) is 6.07 Å². The van der Waals surface area contributed by atoms with Crippen molar-refractivity contribution in [3.05, 3.63) is 22.8 Å². The predicted octanol–water partition coefficient (Wildman–Crippen LogP) is 1.68. The molecule has 0 spiro atoms. The fourth-order valence-electron chi connectivity index (χ4n) is 1.51. The lowest BCUT2D eigenvalue weighted by Crippen LogP contribution is -2.08. The van der Waals surface area contributed by atoms with Crippen molar-refractivity contribution in [2.45, 2.75) is 13.8 Å². The second kappa shape index (κ2) is 4.21. The molecular weight excluding hydrogens is 194 g/mol. The Bertz CT molecular complexity index is 399. The molecule has 0 aliphatic heterocycles. The Labute approximate surface area is 89.0 Å². The molecule has 0 heterocycles. The normalized spacial score (nSPS) is 9.87. The Balaban J connectivity index is 3.40. The number of nitrogen functional groups attached to an aromatic ring is 1. The maximum absolute atomic E-state index is 11.4. The molecule has 1 rings (SSSR count). The number of hydrogen-bond donors (Lipinski definition) is 1. The van der Waals surface area contributed by atoms with Crippen LogP contribution in [-0.4, -0.2) is 20.2 Å². The fourth-order valence-corrected chi connectivity index (χ4v) is 1.51. The first-order valence-electron chi connectivity index (χ1n) is 4.54. The van der Waals surface area contributed by atoms with E-state index in [4.69, 9.17) is 10.5 Å². The van der Waals surface area contributed by atoms with Crippen LogP contribution in [-0.2, 0) is 4.74 Å². The number of rotatable bonds is 2. The molecule has 0 aliphatic rings. The maximum atomic E-state index is 11.4. The van der Waals surface area contributed by atoms with Gasteiger partial charge in [-0.25, -0.2) is 4.79 Å². The smallest absolute Gasteiger partial charge is 0.338 e. The second-order valence-corrected chi connectivity index (χ2v) is 3.30. The van der Waals surface area contributed by atoms with Crippen LogP contribution in [0.3, 0.4) is 0 Å². The highest BCUT2D eigenvalue weighted by Crippen LogP contribution is 2.31. The Hall–Kier alpha value is -1.71. The van der Waals surface area contributed by atoms with Crippen molar-refractivity contribution in [2.75, 3.05) is 20.0 Å². The highest BCUT2D eigenvalue weighted by molar-refractivity contribution is 5.93. The topological polar surface area (TPSA) is 61.5 Å². The summed E-state index contributed by atoms with van der Waals surface area (Å²) in [6, 6.07) is 1.72. The number of ether oxygens (including phenoxy) is 2. The lowest BCUT2D eigenvalue weighted by atomic mass is 10.0. The summed E-state index contributed by atoms with van der Waals surface area (Å²) in [7, 11) is 2.90. The highest BCUT2D eigenvalue weighted by Gasteiger charge is 2.16. The van der Waals surface area contributed by atoms with Gasteiger partial charge in [0.25, 0.3) is 0 Å². The van der Waals surface area contributed by atoms with Gasteiger partial charge in [0.05, 0.1) is 25.5 Å². The lowest BCUT2D eigenvalue weighted by Gasteiger charge is -2.13. The average molecular weight is 209 g/mol. The van der Waals surface area contributed by atoms with E-state index in [2.05, 4.69) is 4.74 Å². The molecule has 0 saturated carbocycles. The predicted molar refractivity (Wildman–Crippen MR) is 58.2 cm³/mol. The van der Waals surface area contributed by atoms with Gasteiger partial charge in [0.1, 0.15) is 5.75 Å². The van der Waals surface area contributed by atoms with Gasteiger partial charge in [-0.15, -0.1) is 0 Å². The third-order valence-corrected chi connectivity index (χ3v) is 2.38. The molecule has 0 unspecified atom stereocenters. The fraction of sp³-hybridized carbons (Fsp3) is 0.364. The SMILES string of the molecule is COC(=O)c1cc(C)c(OC)c(N)c1C. The molecular formula is C11H15NO3. The van der Waals surface area contributed by atoms with Gasteiger partial charge >= 0.3 is 5.97 Å². The van der Waals surface area contributed by atoms with E-state index in [0.29, 0.717) is 22.6 Å². The molecule has 2 N–H and O–H groups in total. The summed E-state index contributed by atoms with van der Waals surface area (Å²) >= 11 is 0. The summed E-state index contributed by atoms with van der Waals surface area (Å²) in [6.45, 7) is 3.60. The summed E-state index contributed by atoms with van der Waals surface area (Å²) in [4.78, 5) is 11.4. The van der Waals surface area contributed by atoms with Crippen molar-refractivity contribution in [2.24, 2.45) is 0 Å². The summed E-state index contributed by atoms with van der Waals surface area (Å²) in [5, 5.41) is 0. The molecule has 0 aromatic heterocycles. The van der Waals surface area contributed by atoms with E-state index in [9.17, 15) is 4.79 Å². The Morgan fingerprint density at radius 2 is 1.93 bits per heavy atom. The Morgan fingerprint density at radius 3 is 2.40 bits per heavy atom. The number of esters is 1. The molecule has 0 amide bonds. The molecule has 0 fully saturated rings. The molecule has 1 aromatic carbocycles. The summed E-state index contributed by atoms with van der Waals surface area (Å²) < 4.78 is 9.81. The van der Waals surface area contributed by atoms with Gasteiger partial charge in [0.2, 0.25) is 0 Å². The van der Waals surface area contributed by atoms with E-state index in [1.165, 1.54) is 7.11 Å². The molecule has 0 aliphatic carbocycles. The van der Waals surface area contributed by atoms with E-state index < -0.39 is 0 Å². The highest BCUT2D eigenvalue weighted by atomic mass is 16.5. The van der Waals surface area contributed by atoms with E-state index in [-0.39, 0.29) is 5.97 Å². The van der Waals surface area contributed by atoms with Crippen LogP contribution >= 0.6 is 0 Å². The summed E-state index contributed by atoms with van der Waals surface area (Å²) in [5.41, 5.74) is 8.32. The van der Waals surface area contributed by atoms with Crippen LogP contribution in [0.5, 0.6) is 5.75 Å². The third kappa shape index (κ3) is 1.88. The minimum absolute atomic E-state index is 0.384. The van der Waals surface area contributed by atoms with Gasteiger partial charge in [-0.2, -0.15) is 0 Å². The average Bonchev–Trinajstić information content (AvgIpc) is 2.23. The van der Waals surface area contributed by atoms with Gasteiger partial charge in [0.15, 0.2) is 0 Å². The molecule has 4 heteroatoms. The molecule has 15 heavy (non-hydrogen) atoms. The quantitative estimate of drug-likeness (QED) is 0.594. The van der Waals surface area contributed by atoms with Crippen LogP contribution in [0.25, 0.3) is 0 Å². The maximum Gasteiger partial charge on any atom is 0.338 e. The first kappa shape index (κ1) is 11.4. The van der Waals surface area contributed by atoms with Gasteiger partial charge < -0.3 is 15.2 Å². The van der Waals surface area contributed by atoms with Crippen LogP contribution in [0.4, 0.5) is 5.69 Å². The first-order valence-corrected chi connectivity index (χ1v) is 4.54. The monoisotopic (exact) mass is 209 g/mol. The number of anilines is 1. The van der Waals surface area contributed by atoms with Crippen LogP contribution < -0.4 is 10.5 Å². The minimum atomic E-state index is -0.384. The second-order valence-electron chi connectivity index (χ2n) is 3.30.